The predicted octanol–water partition coefficient (Wildman–Crippen LogP) is 3.56. The van der Waals surface area contributed by atoms with E-state index in [0.29, 0.717) is 11.3 Å². The first kappa shape index (κ1) is 17.0. The number of hydrogen-bond acceptors (Lipinski definition) is 3. The summed E-state index contributed by atoms with van der Waals surface area (Å²) in [7, 11) is 0. The van der Waals surface area contributed by atoms with Gasteiger partial charge >= 0.3 is 6.09 Å². The average molecular weight is 292 g/mol. The summed E-state index contributed by atoms with van der Waals surface area (Å²) in [4.78, 5) is 24.1. The second-order valence-corrected chi connectivity index (χ2v) is 6.88. The molecule has 116 valence electrons. The first-order valence-corrected chi connectivity index (χ1v) is 6.89. The number of carbonyl (C=O) groups is 2. The molecule has 0 spiro atoms. The topological polar surface area (TPSA) is 67.4 Å². The number of benzene rings is 1. The third kappa shape index (κ3) is 6.29. The van der Waals surface area contributed by atoms with Crippen LogP contribution in [0.3, 0.4) is 0 Å². The number of ether oxygens (including phenoxy) is 1. The van der Waals surface area contributed by atoms with Gasteiger partial charge < -0.3 is 10.1 Å². The van der Waals surface area contributed by atoms with Crippen LogP contribution in [0.1, 0.15) is 51.9 Å². The Morgan fingerprint density at radius 2 is 1.57 bits per heavy atom. The van der Waals surface area contributed by atoms with Crippen LogP contribution < -0.4 is 10.6 Å². The summed E-state index contributed by atoms with van der Waals surface area (Å²) in [6, 6.07) is 6.83. The first-order valence-electron chi connectivity index (χ1n) is 6.89. The van der Waals surface area contributed by atoms with Gasteiger partial charge in [0.15, 0.2) is 0 Å². The van der Waals surface area contributed by atoms with Gasteiger partial charge in [0.2, 0.25) is 0 Å². The Labute approximate surface area is 126 Å². The Kier molecular flexibility index (Phi) is 4.99. The van der Waals surface area contributed by atoms with E-state index in [-0.39, 0.29) is 11.4 Å². The molecule has 2 N–H and O–H groups in total. The number of carbonyl (C=O) groups excluding carboxylic acids is 2. The number of para-hydroxylation sites is 1. The molecule has 0 unspecified atom stereocenters. The number of anilines is 1. The molecule has 0 radical (unpaired) electrons. The Balaban J connectivity index is 2.90. The van der Waals surface area contributed by atoms with Gasteiger partial charge in [-0.3, -0.25) is 10.1 Å². The molecule has 0 fully saturated rings. The number of rotatable bonds is 2. The first-order chi connectivity index (χ1) is 9.48. The molecule has 0 aliphatic heterocycles. The van der Waals surface area contributed by atoms with Crippen LogP contribution in [-0.4, -0.2) is 23.1 Å². The standard InChI is InChI=1S/C16H24N2O3/c1-15(2,3)18-13(19)11-9-7-8-10-12(11)17-14(20)21-16(4,5)6/h7-10H,1-6H3,(H,17,20)(H,18,19). The maximum Gasteiger partial charge on any atom is 0.412 e. The monoisotopic (exact) mass is 292 g/mol. The minimum absolute atomic E-state index is 0.242. The lowest BCUT2D eigenvalue weighted by atomic mass is 10.1. The van der Waals surface area contributed by atoms with Crippen LogP contribution in [0, 0.1) is 0 Å². The highest BCUT2D eigenvalue weighted by molar-refractivity contribution is 6.02. The normalized spacial score (nSPS) is 11.7. The quantitative estimate of drug-likeness (QED) is 0.875. The van der Waals surface area contributed by atoms with Crippen LogP contribution in [-0.2, 0) is 4.74 Å². The van der Waals surface area contributed by atoms with Crippen molar-refractivity contribution in [3.63, 3.8) is 0 Å². The van der Waals surface area contributed by atoms with E-state index in [9.17, 15) is 9.59 Å². The molecule has 0 heterocycles. The number of nitrogens with one attached hydrogen (secondary N) is 2. The molecule has 0 saturated heterocycles. The molecule has 0 bridgehead atoms. The Morgan fingerprint density at radius 3 is 2.10 bits per heavy atom. The van der Waals surface area contributed by atoms with Crippen LogP contribution in [0.15, 0.2) is 24.3 Å². The van der Waals surface area contributed by atoms with Crippen molar-refractivity contribution >= 4 is 17.7 Å². The molecule has 1 rings (SSSR count). The molecule has 5 heteroatoms. The molecule has 5 nitrogen and oxygen atoms in total. The van der Waals surface area contributed by atoms with Gasteiger partial charge in [0.1, 0.15) is 5.60 Å². The van der Waals surface area contributed by atoms with E-state index in [4.69, 9.17) is 4.74 Å². The van der Waals surface area contributed by atoms with Crippen molar-refractivity contribution in [1.82, 2.24) is 5.32 Å². The van der Waals surface area contributed by atoms with Crippen molar-refractivity contribution in [2.75, 3.05) is 5.32 Å². The molecule has 1 aromatic carbocycles. The molecule has 0 aliphatic rings. The lowest BCUT2D eigenvalue weighted by Crippen LogP contribution is -2.41. The molecule has 2 amide bonds. The van der Waals surface area contributed by atoms with Gasteiger partial charge in [-0.05, 0) is 53.7 Å². The fourth-order valence-corrected chi connectivity index (χ4v) is 1.61. The highest BCUT2D eigenvalue weighted by Crippen LogP contribution is 2.18. The third-order valence-electron chi connectivity index (χ3n) is 2.30. The van der Waals surface area contributed by atoms with E-state index in [0.717, 1.165) is 0 Å². The lowest BCUT2D eigenvalue weighted by Gasteiger charge is -2.22. The average Bonchev–Trinajstić information content (AvgIpc) is 2.24. The molecule has 21 heavy (non-hydrogen) atoms. The van der Waals surface area contributed by atoms with Crippen LogP contribution in [0.2, 0.25) is 0 Å². The lowest BCUT2D eigenvalue weighted by molar-refractivity contribution is 0.0636. The van der Waals surface area contributed by atoms with Gasteiger partial charge in [-0.25, -0.2) is 4.79 Å². The summed E-state index contributed by atoms with van der Waals surface area (Å²) in [6.07, 6.45) is -0.585. The Bertz CT molecular complexity index is 525. The smallest absolute Gasteiger partial charge is 0.412 e. The molecule has 0 saturated carbocycles. The van der Waals surface area contributed by atoms with Crippen molar-refractivity contribution < 1.29 is 14.3 Å². The summed E-state index contributed by atoms with van der Waals surface area (Å²) < 4.78 is 5.20. The van der Waals surface area contributed by atoms with E-state index in [1.165, 1.54) is 0 Å². The molecule has 0 atom stereocenters. The summed E-state index contributed by atoms with van der Waals surface area (Å²) in [5.41, 5.74) is -0.116. The van der Waals surface area contributed by atoms with E-state index in [1.54, 1.807) is 45.0 Å². The van der Waals surface area contributed by atoms with E-state index in [1.807, 2.05) is 20.8 Å². The van der Waals surface area contributed by atoms with Gasteiger partial charge in [-0.1, -0.05) is 12.1 Å². The highest BCUT2D eigenvalue weighted by Gasteiger charge is 2.20. The van der Waals surface area contributed by atoms with Crippen molar-refractivity contribution in [3.8, 4) is 0 Å². The van der Waals surface area contributed by atoms with E-state index >= 15 is 0 Å². The zero-order chi connectivity index (χ0) is 16.3. The van der Waals surface area contributed by atoms with Crippen molar-refractivity contribution in [2.45, 2.75) is 52.7 Å². The maximum absolute atomic E-state index is 12.2. The fraction of sp³-hybridized carbons (Fsp3) is 0.500. The molecule has 1 aromatic rings. The van der Waals surface area contributed by atoms with Gasteiger partial charge in [-0.2, -0.15) is 0 Å². The summed E-state index contributed by atoms with van der Waals surface area (Å²) in [5.74, 6) is -0.242. The van der Waals surface area contributed by atoms with Gasteiger partial charge in [0, 0.05) is 5.54 Å². The number of hydrogen-bond donors (Lipinski definition) is 2. The van der Waals surface area contributed by atoms with Crippen LogP contribution in [0.4, 0.5) is 10.5 Å². The SMILES string of the molecule is CC(C)(C)NC(=O)c1ccccc1NC(=O)OC(C)(C)C. The summed E-state index contributed by atoms with van der Waals surface area (Å²) in [6.45, 7) is 11.0. The van der Waals surface area contributed by atoms with E-state index in [2.05, 4.69) is 10.6 Å². The molecular formula is C16H24N2O3. The van der Waals surface area contributed by atoms with Crippen LogP contribution in [0.25, 0.3) is 0 Å². The van der Waals surface area contributed by atoms with Crippen LogP contribution >= 0.6 is 0 Å². The van der Waals surface area contributed by atoms with Crippen molar-refractivity contribution in [2.24, 2.45) is 0 Å². The fourth-order valence-electron chi connectivity index (χ4n) is 1.61. The Hall–Kier alpha value is -2.04. The van der Waals surface area contributed by atoms with Crippen LogP contribution in [0.5, 0.6) is 0 Å². The summed E-state index contributed by atoms with van der Waals surface area (Å²) >= 11 is 0. The third-order valence-corrected chi connectivity index (χ3v) is 2.30. The molecule has 0 aromatic heterocycles. The minimum atomic E-state index is -0.591. The zero-order valence-electron chi connectivity index (χ0n) is 13.5. The second kappa shape index (κ2) is 6.16. The highest BCUT2D eigenvalue weighted by atomic mass is 16.6. The predicted molar refractivity (Wildman–Crippen MR) is 83.5 cm³/mol. The Morgan fingerprint density at radius 1 is 1.00 bits per heavy atom. The van der Waals surface area contributed by atoms with Gasteiger partial charge in [-0.15, -0.1) is 0 Å². The maximum atomic E-state index is 12.2. The number of amides is 2. The van der Waals surface area contributed by atoms with Crippen molar-refractivity contribution in [3.05, 3.63) is 29.8 Å². The van der Waals surface area contributed by atoms with E-state index < -0.39 is 11.7 Å². The second-order valence-electron chi connectivity index (χ2n) is 6.88. The van der Waals surface area contributed by atoms with Gasteiger partial charge in [0.25, 0.3) is 5.91 Å². The molecule has 0 aliphatic carbocycles. The summed E-state index contributed by atoms with van der Waals surface area (Å²) in [5, 5.41) is 5.48. The van der Waals surface area contributed by atoms with Crippen molar-refractivity contribution in [1.29, 1.82) is 0 Å². The zero-order valence-corrected chi connectivity index (χ0v) is 13.5. The van der Waals surface area contributed by atoms with Gasteiger partial charge in [0.05, 0.1) is 11.3 Å². The largest absolute Gasteiger partial charge is 0.444 e. The molecular weight excluding hydrogens is 268 g/mol. The minimum Gasteiger partial charge on any atom is -0.444 e.